The maximum absolute atomic E-state index is 12.8. The Balaban J connectivity index is 1.62. The number of rotatable bonds is 7. The van der Waals surface area contributed by atoms with Crippen molar-refractivity contribution < 1.29 is 14.7 Å². The molecule has 3 rings (SSSR count). The minimum Gasteiger partial charge on any atom is -0.391 e. The van der Waals surface area contributed by atoms with Gasteiger partial charge >= 0.3 is 0 Å². The van der Waals surface area contributed by atoms with Crippen molar-refractivity contribution in [2.45, 2.75) is 58.2 Å². The predicted molar refractivity (Wildman–Crippen MR) is 115 cm³/mol. The van der Waals surface area contributed by atoms with E-state index in [-0.39, 0.29) is 24.2 Å². The highest BCUT2D eigenvalue weighted by atomic mass is 32.1. The van der Waals surface area contributed by atoms with Crippen molar-refractivity contribution in [2.24, 2.45) is 11.7 Å². The zero-order valence-corrected chi connectivity index (χ0v) is 18.0. The summed E-state index contributed by atoms with van der Waals surface area (Å²) in [6.07, 6.45) is 0.552. The van der Waals surface area contributed by atoms with Crippen LogP contribution in [0.2, 0.25) is 0 Å². The molecule has 1 fully saturated rings. The lowest BCUT2D eigenvalue weighted by Crippen LogP contribution is -2.50. The molecule has 0 saturated carbocycles. The SMILES string of the molecule is Cc1ncsc1-c1ccc(CCC(=O)[C@@H]2C[C@@H](O)CN2C(=O)[C@@H](N)C(C)C)cc1. The predicted octanol–water partition coefficient (Wildman–Crippen LogP) is 2.57. The van der Waals surface area contributed by atoms with Crippen LogP contribution < -0.4 is 5.73 Å². The molecule has 29 heavy (non-hydrogen) atoms. The highest BCUT2D eigenvalue weighted by Gasteiger charge is 2.40. The first-order chi connectivity index (χ1) is 13.8. The molecular formula is C22H29N3O3S. The molecule has 2 aromatic rings. The number of aromatic nitrogens is 1. The number of hydrogen-bond acceptors (Lipinski definition) is 6. The third-order valence-corrected chi connectivity index (χ3v) is 6.54. The second-order valence-corrected chi connectivity index (χ2v) is 8.95. The van der Waals surface area contributed by atoms with Crippen molar-refractivity contribution in [3.8, 4) is 10.4 Å². The number of nitrogens with two attached hydrogens (primary N) is 1. The number of thiazole rings is 1. The minimum atomic E-state index is -0.672. The van der Waals surface area contributed by atoms with Gasteiger partial charge in [0.05, 0.1) is 34.3 Å². The van der Waals surface area contributed by atoms with Gasteiger partial charge in [-0.1, -0.05) is 38.1 Å². The number of carbonyl (C=O) groups excluding carboxylic acids is 2. The monoisotopic (exact) mass is 415 g/mol. The van der Waals surface area contributed by atoms with E-state index in [4.69, 9.17) is 5.73 Å². The van der Waals surface area contributed by atoms with Crippen LogP contribution in [0.3, 0.4) is 0 Å². The van der Waals surface area contributed by atoms with Crippen LogP contribution in [0.25, 0.3) is 10.4 Å². The number of hydrogen-bond donors (Lipinski definition) is 2. The Bertz CT molecular complexity index is 862. The maximum atomic E-state index is 12.8. The number of aryl methyl sites for hydroxylation is 2. The molecule has 1 aromatic heterocycles. The van der Waals surface area contributed by atoms with Gasteiger partial charge in [-0.15, -0.1) is 11.3 Å². The van der Waals surface area contributed by atoms with Gasteiger partial charge in [-0.25, -0.2) is 4.98 Å². The van der Waals surface area contributed by atoms with Gasteiger partial charge in [-0.3, -0.25) is 9.59 Å². The van der Waals surface area contributed by atoms with Crippen molar-refractivity contribution in [1.29, 1.82) is 0 Å². The number of β-amino-alcohol motifs (C(OH)–C–C–N with tert-alkyl or cyclic N) is 1. The maximum Gasteiger partial charge on any atom is 0.240 e. The van der Waals surface area contributed by atoms with Crippen LogP contribution >= 0.6 is 11.3 Å². The number of benzene rings is 1. The number of aliphatic hydroxyl groups is 1. The van der Waals surface area contributed by atoms with Crippen molar-refractivity contribution in [2.75, 3.05) is 6.54 Å². The van der Waals surface area contributed by atoms with Gasteiger partial charge in [-0.05, 0) is 30.4 Å². The zero-order chi connectivity index (χ0) is 21.1. The van der Waals surface area contributed by atoms with E-state index in [0.717, 1.165) is 21.7 Å². The lowest BCUT2D eigenvalue weighted by atomic mass is 9.99. The van der Waals surface area contributed by atoms with Crippen LogP contribution in [0.5, 0.6) is 0 Å². The second-order valence-electron chi connectivity index (χ2n) is 8.10. The standard InChI is InChI=1S/C22H29N3O3S/c1-13(2)20(23)22(28)25-11-17(26)10-18(25)19(27)9-6-15-4-7-16(8-5-15)21-14(3)24-12-29-21/h4-5,7-8,12-13,17-18,20,26H,6,9-11,23H2,1-3H3/t17-,18+,20+/m1/s1. The molecule has 1 aliphatic heterocycles. The van der Waals surface area contributed by atoms with E-state index in [1.807, 2.05) is 38.4 Å². The largest absolute Gasteiger partial charge is 0.391 e. The number of carbonyl (C=O) groups is 2. The van der Waals surface area contributed by atoms with Gasteiger partial charge in [0.1, 0.15) is 0 Å². The molecule has 6 nitrogen and oxygen atoms in total. The first-order valence-corrected chi connectivity index (χ1v) is 10.9. The fourth-order valence-electron chi connectivity index (χ4n) is 3.68. The molecule has 2 heterocycles. The lowest BCUT2D eigenvalue weighted by Gasteiger charge is -2.27. The number of likely N-dealkylation sites (tertiary alicyclic amines) is 1. The van der Waals surface area contributed by atoms with E-state index in [0.29, 0.717) is 19.3 Å². The Morgan fingerprint density at radius 3 is 2.59 bits per heavy atom. The summed E-state index contributed by atoms with van der Waals surface area (Å²) in [6.45, 7) is 5.93. The fourth-order valence-corrected chi connectivity index (χ4v) is 4.49. The molecule has 3 N–H and O–H groups in total. The Kier molecular flexibility index (Phi) is 6.82. The van der Waals surface area contributed by atoms with Crippen molar-refractivity contribution >= 4 is 23.0 Å². The highest BCUT2D eigenvalue weighted by Crippen LogP contribution is 2.28. The van der Waals surface area contributed by atoms with Gasteiger partial charge in [0, 0.05) is 19.4 Å². The fraction of sp³-hybridized carbons (Fsp3) is 0.500. The van der Waals surface area contributed by atoms with E-state index in [9.17, 15) is 14.7 Å². The normalized spacial score (nSPS) is 20.3. The van der Waals surface area contributed by atoms with E-state index >= 15 is 0 Å². The zero-order valence-electron chi connectivity index (χ0n) is 17.2. The summed E-state index contributed by atoms with van der Waals surface area (Å²) in [5.74, 6) is -0.288. The molecule has 0 aliphatic carbocycles. The number of amides is 1. The first-order valence-electron chi connectivity index (χ1n) is 10.0. The molecular weight excluding hydrogens is 386 g/mol. The molecule has 0 spiro atoms. The summed E-state index contributed by atoms with van der Waals surface area (Å²) in [4.78, 5) is 32.4. The quantitative estimate of drug-likeness (QED) is 0.724. The minimum absolute atomic E-state index is 0.0170. The summed E-state index contributed by atoms with van der Waals surface area (Å²) < 4.78 is 0. The van der Waals surface area contributed by atoms with Crippen LogP contribution in [0.4, 0.5) is 0 Å². The first kappa shape index (κ1) is 21.6. The number of Topliss-reactive ketones (excluding diaryl/α,β-unsaturated/α-hetero) is 1. The summed E-state index contributed by atoms with van der Waals surface area (Å²) in [5, 5.41) is 10.0. The second kappa shape index (κ2) is 9.15. The molecule has 1 saturated heterocycles. The third-order valence-electron chi connectivity index (χ3n) is 5.56. The Labute approximate surface area is 175 Å². The van der Waals surface area contributed by atoms with Crippen LogP contribution in [-0.4, -0.2) is 51.4 Å². The van der Waals surface area contributed by atoms with E-state index in [1.54, 1.807) is 11.3 Å². The topological polar surface area (TPSA) is 96.5 Å². The summed E-state index contributed by atoms with van der Waals surface area (Å²) in [7, 11) is 0. The van der Waals surface area contributed by atoms with Gasteiger partial charge in [0.2, 0.25) is 5.91 Å². The van der Waals surface area contributed by atoms with Crippen molar-refractivity contribution in [1.82, 2.24) is 9.88 Å². The Morgan fingerprint density at radius 1 is 1.31 bits per heavy atom. The van der Waals surface area contributed by atoms with Crippen LogP contribution in [-0.2, 0) is 16.0 Å². The molecule has 3 atom stereocenters. The Hall–Kier alpha value is -2.09. The van der Waals surface area contributed by atoms with E-state index in [2.05, 4.69) is 17.1 Å². The Morgan fingerprint density at radius 2 is 2.00 bits per heavy atom. The number of aliphatic hydroxyl groups excluding tert-OH is 1. The average molecular weight is 416 g/mol. The molecule has 0 bridgehead atoms. The molecule has 0 unspecified atom stereocenters. The van der Waals surface area contributed by atoms with E-state index in [1.165, 1.54) is 4.90 Å². The van der Waals surface area contributed by atoms with Crippen molar-refractivity contribution in [3.05, 3.63) is 41.0 Å². The summed E-state index contributed by atoms with van der Waals surface area (Å²) in [6, 6.07) is 6.93. The van der Waals surface area contributed by atoms with Gasteiger partial charge in [0.15, 0.2) is 5.78 Å². The molecule has 7 heteroatoms. The summed E-state index contributed by atoms with van der Waals surface area (Å²) in [5.41, 5.74) is 11.0. The highest BCUT2D eigenvalue weighted by molar-refractivity contribution is 7.13. The average Bonchev–Trinajstić information content (AvgIpc) is 3.30. The lowest BCUT2D eigenvalue weighted by molar-refractivity contribution is -0.139. The van der Waals surface area contributed by atoms with Crippen LogP contribution in [0.1, 0.15) is 37.9 Å². The number of ketones is 1. The van der Waals surface area contributed by atoms with Crippen LogP contribution in [0.15, 0.2) is 29.8 Å². The smallest absolute Gasteiger partial charge is 0.240 e. The summed E-state index contributed by atoms with van der Waals surface area (Å²) >= 11 is 1.61. The van der Waals surface area contributed by atoms with Crippen LogP contribution in [0, 0.1) is 12.8 Å². The molecule has 1 aliphatic rings. The molecule has 156 valence electrons. The van der Waals surface area contributed by atoms with E-state index < -0.39 is 18.2 Å². The molecule has 1 amide bonds. The van der Waals surface area contributed by atoms with Gasteiger partial charge < -0.3 is 15.7 Å². The third kappa shape index (κ3) is 4.91. The van der Waals surface area contributed by atoms with Gasteiger partial charge in [0.25, 0.3) is 0 Å². The van der Waals surface area contributed by atoms with Crippen molar-refractivity contribution in [3.63, 3.8) is 0 Å². The van der Waals surface area contributed by atoms with Gasteiger partial charge in [-0.2, -0.15) is 0 Å². The molecule has 1 aromatic carbocycles. The number of nitrogens with zero attached hydrogens (tertiary/aromatic N) is 2. The molecule has 0 radical (unpaired) electrons.